The van der Waals surface area contributed by atoms with Gasteiger partial charge in [0, 0.05) is 37.8 Å². The zero-order valence-corrected chi connectivity index (χ0v) is 18.8. The lowest BCUT2D eigenvalue weighted by Crippen LogP contribution is -2.35. The molecule has 4 aromatic rings. The largest absolute Gasteiger partial charge is 0.306 e. The summed E-state index contributed by atoms with van der Waals surface area (Å²) in [4.78, 5) is 28.1. The lowest BCUT2D eigenvalue weighted by atomic mass is 10.1. The van der Waals surface area contributed by atoms with Gasteiger partial charge in [0.15, 0.2) is 5.82 Å². The van der Waals surface area contributed by atoms with Crippen LogP contribution in [0.1, 0.15) is 16.8 Å². The van der Waals surface area contributed by atoms with E-state index < -0.39 is 0 Å². The van der Waals surface area contributed by atoms with Gasteiger partial charge in [-0.25, -0.2) is 4.98 Å². The molecule has 1 aromatic carbocycles. The molecular formula is C23H18Cl2N4OS. The van der Waals surface area contributed by atoms with Gasteiger partial charge in [0.2, 0.25) is 0 Å². The molecule has 1 aliphatic heterocycles. The van der Waals surface area contributed by atoms with Crippen molar-refractivity contribution >= 4 is 34.5 Å². The average Bonchev–Trinajstić information content (AvgIpc) is 3.32. The molecule has 0 atom stereocenters. The third kappa shape index (κ3) is 4.16. The van der Waals surface area contributed by atoms with Crippen LogP contribution in [0.15, 0.2) is 58.8 Å². The highest BCUT2D eigenvalue weighted by Gasteiger charge is 2.22. The first-order valence-electron chi connectivity index (χ1n) is 9.86. The molecule has 3 aromatic heterocycles. The SMILES string of the molecule is O=c1[nH]c(-c2cccs2)nc2c1CN(Cc1ccc(-c3cccc(Cl)c3Cl)nc1)CC2. The Morgan fingerprint density at radius 2 is 2.03 bits per heavy atom. The number of aromatic amines is 1. The molecule has 0 bridgehead atoms. The summed E-state index contributed by atoms with van der Waals surface area (Å²) in [7, 11) is 0. The van der Waals surface area contributed by atoms with Crippen LogP contribution in [0.4, 0.5) is 0 Å². The summed E-state index contributed by atoms with van der Waals surface area (Å²) in [5.41, 5.74) is 4.26. The van der Waals surface area contributed by atoms with Crippen molar-refractivity contribution in [3.63, 3.8) is 0 Å². The van der Waals surface area contributed by atoms with Gasteiger partial charge in [0.25, 0.3) is 5.56 Å². The van der Waals surface area contributed by atoms with E-state index in [0.717, 1.165) is 45.9 Å². The predicted molar refractivity (Wildman–Crippen MR) is 126 cm³/mol. The molecule has 0 radical (unpaired) electrons. The fourth-order valence-electron chi connectivity index (χ4n) is 3.78. The van der Waals surface area contributed by atoms with E-state index in [9.17, 15) is 4.79 Å². The van der Waals surface area contributed by atoms with Crippen molar-refractivity contribution in [3.8, 4) is 22.0 Å². The van der Waals surface area contributed by atoms with Gasteiger partial charge in [-0.05, 0) is 29.1 Å². The molecule has 4 heterocycles. The number of H-pyrrole nitrogens is 1. The quantitative estimate of drug-likeness (QED) is 0.433. The van der Waals surface area contributed by atoms with E-state index in [1.165, 1.54) is 0 Å². The third-order valence-electron chi connectivity index (χ3n) is 5.36. The van der Waals surface area contributed by atoms with E-state index in [1.807, 2.05) is 48.0 Å². The normalized spacial score (nSPS) is 13.9. The van der Waals surface area contributed by atoms with Crippen LogP contribution < -0.4 is 5.56 Å². The maximum atomic E-state index is 12.7. The molecular weight excluding hydrogens is 451 g/mol. The molecule has 1 N–H and O–H groups in total. The summed E-state index contributed by atoms with van der Waals surface area (Å²) in [5, 5.41) is 3.00. The number of aromatic nitrogens is 3. The van der Waals surface area contributed by atoms with Crippen molar-refractivity contribution in [2.75, 3.05) is 6.54 Å². The second-order valence-electron chi connectivity index (χ2n) is 7.43. The standard InChI is InChI=1S/C23H18Cl2N4OS/c24-17-4-1-3-15(21(17)25)18-7-6-14(11-26-18)12-29-9-8-19-16(13-29)23(30)28-22(27-19)20-5-2-10-31-20/h1-7,10-11H,8-9,12-13H2,(H,27,28,30). The fraction of sp³-hybridized carbons (Fsp3) is 0.174. The highest BCUT2D eigenvalue weighted by atomic mass is 35.5. The van der Waals surface area contributed by atoms with Gasteiger partial charge in [0.1, 0.15) is 0 Å². The van der Waals surface area contributed by atoms with E-state index in [4.69, 9.17) is 28.2 Å². The van der Waals surface area contributed by atoms with Gasteiger partial charge in [-0.15, -0.1) is 11.3 Å². The second-order valence-corrected chi connectivity index (χ2v) is 9.16. The molecule has 156 valence electrons. The second kappa shape index (κ2) is 8.55. The molecule has 5 nitrogen and oxygen atoms in total. The number of nitrogens with zero attached hydrogens (tertiary/aromatic N) is 3. The molecule has 0 fully saturated rings. The Morgan fingerprint density at radius 3 is 2.81 bits per heavy atom. The molecule has 0 saturated carbocycles. The van der Waals surface area contributed by atoms with Gasteiger partial charge < -0.3 is 4.98 Å². The van der Waals surface area contributed by atoms with E-state index in [2.05, 4.69) is 14.9 Å². The molecule has 8 heteroatoms. The van der Waals surface area contributed by atoms with Crippen LogP contribution in [0.3, 0.4) is 0 Å². The van der Waals surface area contributed by atoms with Crippen LogP contribution in [-0.2, 0) is 19.5 Å². The Kier molecular flexibility index (Phi) is 5.63. The van der Waals surface area contributed by atoms with Crippen molar-refractivity contribution in [2.45, 2.75) is 19.5 Å². The smallest absolute Gasteiger partial charge is 0.255 e. The number of rotatable bonds is 4. The topological polar surface area (TPSA) is 61.9 Å². The maximum absolute atomic E-state index is 12.7. The third-order valence-corrected chi connectivity index (χ3v) is 7.06. The van der Waals surface area contributed by atoms with E-state index in [1.54, 1.807) is 17.4 Å². The summed E-state index contributed by atoms with van der Waals surface area (Å²) >= 11 is 14.0. The highest BCUT2D eigenvalue weighted by molar-refractivity contribution is 7.13. The van der Waals surface area contributed by atoms with Crippen molar-refractivity contribution in [1.82, 2.24) is 19.9 Å². The number of thiophene rings is 1. The van der Waals surface area contributed by atoms with Gasteiger partial charge in [-0.2, -0.15) is 0 Å². The molecule has 1 aliphatic rings. The van der Waals surface area contributed by atoms with Crippen LogP contribution in [0.2, 0.25) is 10.0 Å². The van der Waals surface area contributed by atoms with Crippen LogP contribution in [0, 0.1) is 0 Å². The number of benzene rings is 1. The van der Waals surface area contributed by atoms with Crippen molar-refractivity contribution in [1.29, 1.82) is 0 Å². The molecule has 0 amide bonds. The highest BCUT2D eigenvalue weighted by Crippen LogP contribution is 2.32. The predicted octanol–water partition coefficient (Wildman–Crippen LogP) is 5.43. The lowest BCUT2D eigenvalue weighted by molar-refractivity contribution is 0.241. The summed E-state index contributed by atoms with van der Waals surface area (Å²) in [5.74, 6) is 0.659. The molecule has 31 heavy (non-hydrogen) atoms. The number of hydrogen-bond acceptors (Lipinski definition) is 5. The molecule has 0 saturated heterocycles. The zero-order chi connectivity index (χ0) is 21.4. The Hall–Kier alpha value is -2.51. The molecule has 0 aliphatic carbocycles. The minimum atomic E-state index is -0.0535. The number of pyridine rings is 1. The number of hydrogen-bond donors (Lipinski definition) is 1. The summed E-state index contributed by atoms with van der Waals surface area (Å²) < 4.78 is 0. The maximum Gasteiger partial charge on any atom is 0.255 e. The molecule has 0 unspecified atom stereocenters. The molecule has 5 rings (SSSR count). The van der Waals surface area contributed by atoms with E-state index in [0.29, 0.717) is 29.0 Å². The minimum absolute atomic E-state index is 0.0535. The first-order valence-corrected chi connectivity index (χ1v) is 11.5. The summed E-state index contributed by atoms with van der Waals surface area (Å²) in [6.07, 6.45) is 2.60. The summed E-state index contributed by atoms with van der Waals surface area (Å²) in [6, 6.07) is 13.4. The van der Waals surface area contributed by atoms with Crippen molar-refractivity contribution in [3.05, 3.63) is 91.3 Å². The van der Waals surface area contributed by atoms with Gasteiger partial charge in [0.05, 0.1) is 31.9 Å². The van der Waals surface area contributed by atoms with Gasteiger partial charge in [-0.1, -0.05) is 47.5 Å². The van der Waals surface area contributed by atoms with Gasteiger partial charge >= 0.3 is 0 Å². The Bertz CT molecular complexity index is 1290. The zero-order valence-electron chi connectivity index (χ0n) is 16.4. The number of fused-ring (bicyclic) bond motifs is 1. The number of halogens is 2. The van der Waals surface area contributed by atoms with Crippen LogP contribution in [0.25, 0.3) is 22.0 Å². The minimum Gasteiger partial charge on any atom is -0.306 e. The monoisotopic (exact) mass is 468 g/mol. The lowest BCUT2D eigenvalue weighted by Gasteiger charge is -2.27. The average molecular weight is 469 g/mol. The van der Waals surface area contributed by atoms with Crippen molar-refractivity contribution in [2.24, 2.45) is 0 Å². The number of nitrogens with one attached hydrogen (secondary N) is 1. The van der Waals surface area contributed by atoms with Crippen LogP contribution in [-0.4, -0.2) is 26.4 Å². The molecule has 0 spiro atoms. The van der Waals surface area contributed by atoms with Crippen LogP contribution in [0.5, 0.6) is 0 Å². The van der Waals surface area contributed by atoms with Crippen LogP contribution >= 0.6 is 34.5 Å². The summed E-state index contributed by atoms with van der Waals surface area (Å²) in [6.45, 7) is 2.13. The van der Waals surface area contributed by atoms with Gasteiger partial charge in [-0.3, -0.25) is 14.7 Å². The Labute approximate surface area is 193 Å². The van der Waals surface area contributed by atoms with E-state index in [-0.39, 0.29) is 5.56 Å². The first kappa shape index (κ1) is 20.4. The van der Waals surface area contributed by atoms with Crippen molar-refractivity contribution < 1.29 is 0 Å². The Balaban J connectivity index is 1.32. The Morgan fingerprint density at radius 1 is 1.13 bits per heavy atom. The van der Waals surface area contributed by atoms with E-state index >= 15 is 0 Å². The first-order chi connectivity index (χ1) is 15.1. The fourth-order valence-corrected chi connectivity index (χ4v) is 4.85.